The van der Waals surface area contributed by atoms with E-state index in [0.717, 1.165) is 66.4 Å². The highest BCUT2D eigenvalue weighted by Crippen LogP contribution is 2.32. The van der Waals surface area contributed by atoms with Gasteiger partial charge in [0.25, 0.3) is 0 Å². The topological polar surface area (TPSA) is 41.7 Å². The van der Waals surface area contributed by atoms with Gasteiger partial charge < -0.3 is 14.2 Å². The summed E-state index contributed by atoms with van der Waals surface area (Å²) in [6, 6.07) is 15.0. The minimum Gasteiger partial charge on any atom is -0.493 e. The SMILES string of the molecule is CCCOc1ccc2c(CCC3CCN(Cc4ccccc4)CC3)noc2c1CN(C)C. The number of hydrogen-bond donors (Lipinski definition) is 0. The number of aryl methyl sites for hydroxylation is 1. The van der Waals surface area contributed by atoms with Gasteiger partial charge >= 0.3 is 0 Å². The quantitative estimate of drug-likeness (QED) is 0.419. The van der Waals surface area contributed by atoms with Gasteiger partial charge in [0.2, 0.25) is 0 Å². The van der Waals surface area contributed by atoms with Gasteiger partial charge in [0.1, 0.15) is 5.75 Å². The van der Waals surface area contributed by atoms with Crippen LogP contribution in [0.15, 0.2) is 47.0 Å². The second-order valence-corrected chi connectivity index (χ2v) is 9.38. The third kappa shape index (κ3) is 5.70. The predicted molar refractivity (Wildman–Crippen MR) is 130 cm³/mol. The molecule has 0 N–H and O–H groups in total. The van der Waals surface area contributed by atoms with E-state index >= 15 is 0 Å². The zero-order valence-corrected chi connectivity index (χ0v) is 19.8. The Morgan fingerprint density at radius 2 is 1.88 bits per heavy atom. The summed E-state index contributed by atoms with van der Waals surface area (Å²) in [5, 5.41) is 5.63. The highest BCUT2D eigenvalue weighted by molar-refractivity contribution is 5.84. The molecule has 4 rings (SSSR count). The van der Waals surface area contributed by atoms with E-state index in [1.165, 1.54) is 37.9 Å². The maximum Gasteiger partial charge on any atom is 0.175 e. The van der Waals surface area contributed by atoms with Crippen molar-refractivity contribution in [2.45, 2.75) is 52.1 Å². The van der Waals surface area contributed by atoms with Crippen LogP contribution < -0.4 is 4.74 Å². The Balaban J connectivity index is 1.36. The summed E-state index contributed by atoms with van der Waals surface area (Å²) in [7, 11) is 4.15. The fourth-order valence-corrected chi connectivity index (χ4v) is 4.70. The first-order valence-corrected chi connectivity index (χ1v) is 12.1. The number of nitrogens with zero attached hydrogens (tertiary/aromatic N) is 3. The smallest absolute Gasteiger partial charge is 0.175 e. The zero-order chi connectivity index (χ0) is 22.3. The molecule has 2 aromatic carbocycles. The van der Waals surface area contributed by atoms with E-state index in [1.807, 2.05) is 0 Å². The highest BCUT2D eigenvalue weighted by atomic mass is 16.5. The molecule has 0 unspecified atom stereocenters. The summed E-state index contributed by atoms with van der Waals surface area (Å²) in [5.74, 6) is 1.68. The van der Waals surface area contributed by atoms with E-state index in [9.17, 15) is 0 Å². The van der Waals surface area contributed by atoms with E-state index in [1.54, 1.807) is 0 Å². The van der Waals surface area contributed by atoms with Crippen molar-refractivity contribution in [3.63, 3.8) is 0 Å². The number of aromatic nitrogens is 1. The fourth-order valence-electron chi connectivity index (χ4n) is 4.70. The van der Waals surface area contributed by atoms with Gasteiger partial charge in [-0.2, -0.15) is 0 Å². The van der Waals surface area contributed by atoms with Crippen LogP contribution in [0.2, 0.25) is 0 Å². The molecule has 2 heterocycles. The number of piperidine rings is 1. The first-order valence-electron chi connectivity index (χ1n) is 12.1. The molecule has 1 fully saturated rings. The largest absolute Gasteiger partial charge is 0.493 e. The maximum absolute atomic E-state index is 5.99. The molecule has 1 aliphatic rings. The Morgan fingerprint density at radius 3 is 2.59 bits per heavy atom. The van der Waals surface area contributed by atoms with Crippen molar-refractivity contribution < 1.29 is 9.26 Å². The Labute approximate surface area is 192 Å². The molecule has 3 aromatic rings. The average molecular weight is 436 g/mol. The van der Waals surface area contributed by atoms with E-state index in [0.29, 0.717) is 0 Å². The molecule has 0 radical (unpaired) electrons. The van der Waals surface area contributed by atoms with Crippen molar-refractivity contribution in [2.24, 2.45) is 5.92 Å². The highest BCUT2D eigenvalue weighted by Gasteiger charge is 2.22. The van der Waals surface area contributed by atoms with Gasteiger partial charge in [-0.1, -0.05) is 42.4 Å². The number of rotatable bonds is 10. The summed E-state index contributed by atoms with van der Waals surface area (Å²) in [4.78, 5) is 4.74. The van der Waals surface area contributed by atoms with Gasteiger partial charge in [-0.15, -0.1) is 0 Å². The van der Waals surface area contributed by atoms with Crippen LogP contribution in [0.3, 0.4) is 0 Å². The minimum absolute atomic E-state index is 0.718. The van der Waals surface area contributed by atoms with Gasteiger partial charge in [0, 0.05) is 18.5 Å². The van der Waals surface area contributed by atoms with E-state index < -0.39 is 0 Å². The molecule has 0 aliphatic carbocycles. The molecular weight excluding hydrogens is 398 g/mol. The molecule has 0 saturated carbocycles. The van der Waals surface area contributed by atoms with Crippen LogP contribution in [0.5, 0.6) is 5.75 Å². The van der Waals surface area contributed by atoms with Gasteiger partial charge in [-0.3, -0.25) is 4.90 Å². The molecule has 1 aliphatic heterocycles. The van der Waals surface area contributed by atoms with Crippen LogP contribution in [0.4, 0.5) is 0 Å². The Morgan fingerprint density at radius 1 is 1.09 bits per heavy atom. The van der Waals surface area contributed by atoms with E-state index in [4.69, 9.17) is 9.26 Å². The summed E-state index contributed by atoms with van der Waals surface area (Å²) < 4.78 is 11.9. The Kier molecular flexibility index (Phi) is 7.82. The second kappa shape index (κ2) is 11.0. The molecule has 0 spiro atoms. The first kappa shape index (κ1) is 22.8. The van der Waals surface area contributed by atoms with Crippen LogP contribution in [0.25, 0.3) is 11.0 Å². The summed E-state index contributed by atoms with van der Waals surface area (Å²) >= 11 is 0. The lowest BCUT2D eigenvalue weighted by Gasteiger charge is -2.31. The molecule has 5 nitrogen and oxygen atoms in total. The van der Waals surface area contributed by atoms with Crippen LogP contribution in [-0.2, 0) is 19.5 Å². The maximum atomic E-state index is 5.99. The third-order valence-corrected chi connectivity index (χ3v) is 6.46. The second-order valence-electron chi connectivity index (χ2n) is 9.38. The van der Waals surface area contributed by atoms with Crippen LogP contribution >= 0.6 is 0 Å². The van der Waals surface area contributed by atoms with Gasteiger partial charge in [0.05, 0.1) is 17.9 Å². The Hall–Kier alpha value is -2.37. The molecule has 0 atom stereocenters. The monoisotopic (exact) mass is 435 g/mol. The molecular formula is C27H37N3O2. The van der Waals surface area contributed by atoms with Crippen molar-refractivity contribution in [3.05, 3.63) is 59.3 Å². The molecule has 5 heteroatoms. The molecule has 172 valence electrons. The predicted octanol–water partition coefficient (Wildman–Crippen LogP) is 5.52. The van der Waals surface area contributed by atoms with Crippen LogP contribution in [0, 0.1) is 5.92 Å². The Bertz CT molecular complexity index is 975. The van der Waals surface area contributed by atoms with Gasteiger partial charge in [0.15, 0.2) is 5.58 Å². The minimum atomic E-state index is 0.718. The van der Waals surface area contributed by atoms with E-state index in [2.05, 4.69) is 78.4 Å². The van der Waals surface area contributed by atoms with Crippen molar-refractivity contribution >= 4 is 11.0 Å². The van der Waals surface area contributed by atoms with Crippen molar-refractivity contribution in [1.82, 2.24) is 15.0 Å². The van der Waals surface area contributed by atoms with E-state index in [-0.39, 0.29) is 0 Å². The first-order chi connectivity index (χ1) is 15.6. The molecule has 0 amide bonds. The van der Waals surface area contributed by atoms with Crippen molar-refractivity contribution in [2.75, 3.05) is 33.8 Å². The number of benzene rings is 2. The average Bonchev–Trinajstić information content (AvgIpc) is 3.22. The number of likely N-dealkylation sites (tertiary alicyclic amines) is 1. The normalized spacial score (nSPS) is 15.6. The molecule has 1 saturated heterocycles. The summed E-state index contributed by atoms with van der Waals surface area (Å²) in [6.07, 6.45) is 5.68. The standard InChI is InChI=1S/C27H37N3O2/c1-4-18-31-26-13-11-23-25(28-32-27(23)24(26)20-29(2)3)12-10-21-14-16-30(17-15-21)19-22-8-6-5-7-9-22/h5-9,11,13,21H,4,10,12,14-20H2,1-3H3. The van der Waals surface area contributed by atoms with Crippen LogP contribution in [0.1, 0.15) is 49.4 Å². The number of fused-ring (bicyclic) bond motifs is 1. The van der Waals surface area contributed by atoms with Crippen molar-refractivity contribution in [3.8, 4) is 5.75 Å². The number of ether oxygens (including phenoxy) is 1. The number of hydrogen-bond acceptors (Lipinski definition) is 5. The lowest BCUT2D eigenvalue weighted by molar-refractivity contribution is 0.172. The lowest BCUT2D eigenvalue weighted by Crippen LogP contribution is -2.33. The van der Waals surface area contributed by atoms with Crippen LogP contribution in [-0.4, -0.2) is 48.7 Å². The van der Waals surface area contributed by atoms with Gasteiger partial charge in [-0.05, 0) is 82.9 Å². The van der Waals surface area contributed by atoms with Gasteiger partial charge in [-0.25, -0.2) is 0 Å². The van der Waals surface area contributed by atoms with Crippen molar-refractivity contribution in [1.29, 1.82) is 0 Å². The molecule has 1 aromatic heterocycles. The molecule has 0 bridgehead atoms. The molecule has 32 heavy (non-hydrogen) atoms. The zero-order valence-electron chi connectivity index (χ0n) is 19.8. The fraction of sp³-hybridized carbons (Fsp3) is 0.519. The lowest BCUT2D eigenvalue weighted by atomic mass is 9.91. The summed E-state index contributed by atoms with van der Waals surface area (Å²) in [5.41, 5.74) is 4.50. The summed E-state index contributed by atoms with van der Waals surface area (Å²) in [6.45, 7) is 7.07. The third-order valence-electron chi connectivity index (χ3n) is 6.46.